The molecular weight excluding hydrogens is 681 g/mol. The molecule has 0 spiro atoms. The quantitative estimate of drug-likeness (QED) is 0.178. The maximum atomic E-state index is 5.33. The highest BCUT2D eigenvalue weighted by Crippen LogP contribution is 2.41. The first-order valence-corrected chi connectivity index (χ1v) is 19.0. The molecule has 0 radical (unpaired) electrons. The number of hydrogen-bond acceptors (Lipinski definition) is 4. The van der Waals surface area contributed by atoms with E-state index in [-0.39, 0.29) is 0 Å². The van der Waals surface area contributed by atoms with Crippen LogP contribution in [0.25, 0.3) is 78.7 Å². The Balaban J connectivity index is 1.19. The van der Waals surface area contributed by atoms with Gasteiger partial charge in [0.25, 0.3) is 0 Å². The maximum Gasteiger partial charge on any atom is 0.164 e. The van der Waals surface area contributed by atoms with Crippen LogP contribution >= 0.6 is 0 Å². The monoisotopic (exact) mass is 716 g/mol. The van der Waals surface area contributed by atoms with Gasteiger partial charge in [-0.25, -0.2) is 15.0 Å². The molecule has 7 aromatic carbocycles. The Kier molecular flexibility index (Phi) is 8.62. The van der Waals surface area contributed by atoms with Crippen molar-refractivity contribution in [2.24, 2.45) is 0 Å². The Morgan fingerprint density at radius 3 is 1.45 bits per heavy atom. The number of aromatic nitrogens is 4. The van der Waals surface area contributed by atoms with Crippen LogP contribution in [0.3, 0.4) is 0 Å². The molecule has 10 rings (SSSR count). The van der Waals surface area contributed by atoms with E-state index in [1.165, 1.54) is 38.9 Å². The smallest absolute Gasteiger partial charge is 0.164 e. The normalized spacial score (nSPS) is 11.8. The van der Waals surface area contributed by atoms with Crippen molar-refractivity contribution in [3.63, 3.8) is 0 Å². The zero-order valence-corrected chi connectivity index (χ0v) is 30.7. The van der Waals surface area contributed by atoms with E-state index in [0.717, 1.165) is 57.3 Å². The third-order valence-corrected chi connectivity index (χ3v) is 10.8. The van der Waals surface area contributed by atoms with Gasteiger partial charge in [0, 0.05) is 29.1 Å². The van der Waals surface area contributed by atoms with E-state index in [2.05, 4.69) is 169 Å². The molecule has 0 unspecified atom stereocenters. The van der Waals surface area contributed by atoms with Gasteiger partial charge in [-0.15, -0.1) is 0 Å². The molecule has 0 N–H and O–H groups in total. The van der Waals surface area contributed by atoms with Crippen LogP contribution in [-0.4, -0.2) is 19.9 Å². The summed E-state index contributed by atoms with van der Waals surface area (Å²) in [4.78, 5) is 20.0. The molecular formula is C52H36N4. The van der Waals surface area contributed by atoms with Gasteiger partial charge < -0.3 is 0 Å². The van der Waals surface area contributed by atoms with Crippen LogP contribution in [0.1, 0.15) is 22.3 Å². The number of hydrogen-bond donors (Lipinski definition) is 0. The van der Waals surface area contributed by atoms with E-state index in [1.807, 2.05) is 30.6 Å². The lowest BCUT2D eigenvalue weighted by Gasteiger charge is -2.22. The molecule has 1 aliphatic carbocycles. The molecule has 0 atom stereocenters. The first-order chi connectivity index (χ1) is 27.7. The van der Waals surface area contributed by atoms with E-state index in [9.17, 15) is 0 Å². The molecule has 0 amide bonds. The standard InChI is InChI=1S/C52H36N4/c1-2-12-35(13-3-1)39-17-10-19-44(32-39)51-54-50(38-26-24-36(25-27-38)37-28-30-53-31-29-37)55-52(56-51)48-23-11-18-43-34-41-15-5-8-21-46(41)45-20-7-4-14-40(45)33-42-16-6-9-22-47(42)49(43)48/h1-32H,33-34H2. The Morgan fingerprint density at radius 1 is 0.286 bits per heavy atom. The van der Waals surface area contributed by atoms with Gasteiger partial charge in [-0.3, -0.25) is 4.98 Å². The van der Waals surface area contributed by atoms with Gasteiger partial charge in [0.15, 0.2) is 17.5 Å². The number of rotatable bonds is 5. The molecule has 0 saturated carbocycles. The summed E-state index contributed by atoms with van der Waals surface area (Å²) in [7, 11) is 0. The van der Waals surface area contributed by atoms with Gasteiger partial charge >= 0.3 is 0 Å². The van der Waals surface area contributed by atoms with Crippen molar-refractivity contribution < 1.29 is 0 Å². The first-order valence-electron chi connectivity index (χ1n) is 19.0. The fourth-order valence-corrected chi connectivity index (χ4v) is 8.03. The van der Waals surface area contributed by atoms with Gasteiger partial charge in [0.05, 0.1) is 0 Å². The summed E-state index contributed by atoms with van der Waals surface area (Å²) >= 11 is 0. The summed E-state index contributed by atoms with van der Waals surface area (Å²) in [5, 5.41) is 0. The topological polar surface area (TPSA) is 51.6 Å². The Labute approximate surface area is 326 Å². The zero-order chi connectivity index (χ0) is 37.3. The molecule has 2 heterocycles. The van der Waals surface area contributed by atoms with E-state index < -0.39 is 0 Å². The minimum Gasteiger partial charge on any atom is -0.265 e. The molecule has 4 heteroatoms. The van der Waals surface area contributed by atoms with Gasteiger partial charge in [-0.05, 0) is 97.8 Å². The van der Waals surface area contributed by atoms with Crippen LogP contribution in [0, 0.1) is 0 Å². The van der Waals surface area contributed by atoms with Gasteiger partial charge in [0.2, 0.25) is 0 Å². The third-order valence-electron chi connectivity index (χ3n) is 10.8. The van der Waals surface area contributed by atoms with Gasteiger partial charge in [-0.1, -0.05) is 164 Å². The van der Waals surface area contributed by atoms with Crippen molar-refractivity contribution in [3.8, 4) is 78.7 Å². The first kappa shape index (κ1) is 33.3. The second kappa shape index (κ2) is 14.5. The number of pyridine rings is 1. The van der Waals surface area contributed by atoms with Crippen LogP contribution in [0.4, 0.5) is 0 Å². The minimum atomic E-state index is 0.626. The van der Waals surface area contributed by atoms with Crippen molar-refractivity contribution in [3.05, 3.63) is 217 Å². The average molecular weight is 717 g/mol. The lowest BCUT2D eigenvalue weighted by Crippen LogP contribution is -2.05. The van der Waals surface area contributed by atoms with E-state index in [0.29, 0.717) is 17.5 Å². The second-order valence-electron chi connectivity index (χ2n) is 14.2. The van der Waals surface area contributed by atoms with Crippen LogP contribution in [0.15, 0.2) is 194 Å². The van der Waals surface area contributed by atoms with Gasteiger partial charge in [-0.2, -0.15) is 0 Å². The average Bonchev–Trinajstić information content (AvgIpc) is 3.27. The lowest BCUT2D eigenvalue weighted by atomic mass is 9.82. The molecule has 56 heavy (non-hydrogen) atoms. The molecule has 1 aliphatic rings. The molecule has 264 valence electrons. The van der Waals surface area contributed by atoms with Crippen molar-refractivity contribution in [2.75, 3.05) is 0 Å². The van der Waals surface area contributed by atoms with Gasteiger partial charge in [0.1, 0.15) is 0 Å². The van der Waals surface area contributed by atoms with Crippen molar-refractivity contribution in [1.82, 2.24) is 19.9 Å². The van der Waals surface area contributed by atoms with E-state index in [1.54, 1.807) is 0 Å². The Morgan fingerprint density at radius 2 is 0.732 bits per heavy atom. The summed E-state index contributed by atoms with van der Waals surface area (Å²) in [5.41, 5.74) is 17.3. The fraction of sp³-hybridized carbons (Fsp3) is 0.0385. The van der Waals surface area contributed by atoms with Crippen molar-refractivity contribution in [1.29, 1.82) is 0 Å². The number of nitrogens with zero attached hydrogens (tertiary/aromatic N) is 4. The molecule has 9 aromatic rings. The predicted molar refractivity (Wildman–Crippen MR) is 228 cm³/mol. The highest BCUT2D eigenvalue weighted by Gasteiger charge is 2.23. The Bertz CT molecular complexity index is 2850. The molecule has 0 aliphatic heterocycles. The predicted octanol–water partition coefficient (Wildman–Crippen LogP) is 12.4. The van der Waals surface area contributed by atoms with Crippen LogP contribution in [-0.2, 0) is 12.8 Å². The number of fused-ring (bicyclic) bond motifs is 6. The Hall–Kier alpha value is -7.30. The molecule has 2 aromatic heterocycles. The molecule has 0 fully saturated rings. The lowest BCUT2D eigenvalue weighted by molar-refractivity contribution is 1.07. The van der Waals surface area contributed by atoms with Crippen molar-refractivity contribution >= 4 is 0 Å². The fourth-order valence-electron chi connectivity index (χ4n) is 8.03. The third kappa shape index (κ3) is 6.37. The minimum absolute atomic E-state index is 0.626. The highest BCUT2D eigenvalue weighted by atomic mass is 15.0. The van der Waals surface area contributed by atoms with Crippen LogP contribution in [0.2, 0.25) is 0 Å². The summed E-state index contributed by atoms with van der Waals surface area (Å²) in [6, 6.07) is 64.5. The molecule has 0 bridgehead atoms. The SMILES string of the molecule is c1ccc(-c2cccc(-c3nc(-c4ccc(-c5ccncc5)cc4)nc(-c4cccc5c4-c4ccccc4Cc4ccccc4-c4ccccc4C5)n3)c2)cc1. The summed E-state index contributed by atoms with van der Waals surface area (Å²) in [6.45, 7) is 0. The maximum absolute atomic E-state index is 5.33. The van der Waals surface area contributed by atoms with Crippen LogP contribution < -0.4 is 0 Å². The molecule has 4 nitrogen and oxygen atoms in total. The van der Waals surface area contributed by atoms with E-state index >= 15 is 0 Å². The number of benzene rings is 7. The van der Waals surface area contributed by atoms with Crippen LogP contribution in [0.5, 0.6) is 0 Å². The summed E-state index contributed by atoms with van der Waals surface area (Å²) in [5.74, 6) is 1.90. The molecule has 0 saturated heterocycles. The van der Waals surface area contributed by atoms with E-state index in [4.69, 9.17) is 15.0 Å². The largest absolute Gasteiger partial charge is 0.265 e. The summed E-state index contributed by atoms with van der Waals surface area (Å²) < 4.78 is 0. The van der Waals surface area contributed by atoms with Crippen molar-refractivity contribution in [2.45, 2.75) is 12.8 Å². The zero-order valence-electron chi connectivity index (χ0n) is 30.7. The highest BCUT2D eigenvalue weighted by molar-refractivity contribution is 5.87. The summed E-state index contributed by atoms with van der Waals surface area (Å²) in [6.07, 6.45) is 5.21. The second-order valence-corrected chi connectivity index (χ2v) is 14.2.